The van der Waals surface area contributed by atoms with Crippen LogP contribution < -0.4 is 5.32 Å². The summed E-state index contributed by atoms with van der Waals surface area (Å²) < 4.78 is 26.7. The van der Waals surface area contributed by atoms with Crippen LogP contribution in [0, 0.1) is 18.6 Å². The Kier molecular flexibility index (Phi) is 3.55. The van der Waals surface area contributed by atoms with Crippen molar-refractivity contribution in [3.05, 3.63) is 52.2 Å². The molecule has 0 aliphatic heterocycles. The smallest absolute Gasteiger partial charge is 0.138 e. The molecule has 0 amide bonds. The molecule has 3 aromatic rings. The van der Waals surface area contributed by atoms with E-state index in [4.69, 9.17) is 0 Å². The minimum atomic E-state index is -0.586. The van der Waals surface area contributed by atoms with Gasteiger partial charge in [0.25, 0.3) is 0 Å². The number of aryl methyl sites for hydroxylation is 1. The molecule has 0 fully saturated rings. The highest BCUT2D eigenvalue weighted by molar-refractivity contribution is 7.18. The Hall–Kier alpha value is -2.08. The van der Waals surface area contributed by atoms with Crippen LogP contribution in [-0.2, 0) is 6.42 Å². The lowest BCUT2D eigenvalue weighted by molar-refractivity contribution is 0.573. The number of nitrogens with zero attached hydrogens (tertiary/aromatic N) is 2. The van der Waals surface area contributed by atoms with Crippen LogP contribution in [0.15, 0.2) is 24.3 Å². The van der Waals surface area contributed by atoms with E-state index in [0.717, 1.165) is 27.0 Å². The molecular formula is C15H13F2N3S. The molecule has 0 unspecified atom stereocenters. The van der Waals surface area contributed by atoms with Gasteiger partial charge in [-0.2, -0.15) is 0 Å². The van der Waals surface area contributed by atoms with Crippen molar-refractivity contribution in [3.8, 4) is 0 Å². The molecule has 21 heavy (non-hydrogen) atoms. The maximum atomic E-state index is 13.7. The molecule has 1 N–H and O–H groups in total. The lowest BCUT2D eigenvalue weighted by atomic mass is 10.1. The zero-order valence-electron chi connectivity index (χ0n) is 11.6. The summed E-state index contributed by atoms with van der Waals surface area (Å²) in [4.78, 5) is 10.9. The van der Waals surface area contributed by atoms with E-state index in [1.54, 1.807) is 18.4 Å². The zero-order chi connectivity index (χ0) is 15.0. The fraction of sp³-hybridized carbons (Fsp3) is 0.200. The summed E-state index contributed by atoms with van der Waals surface area (Å²) in [5.41, 5.74) is 0.381. The molecule has 0 saturated heterocycles. The largest absolute Gasteiger partial charge is 0.372 e. The number of hydrogen-bond donors (Lipinski definition) is 1. The maximum Gasteiger partial charge on any atom is 0.138 e. The Balaban J connectivity index is 2.04. The van der Waals surface area contributed by atoms with E-state index in [2.05, 4.69) is 15.3 Å². The molecule has 0 radical (unpaired) electrons. The van der Waals surface area contributed by atoms with E-state index in [1.165, 1.54) is 12.1 Å². The second-order valence-corrected chi connectivity index (χ2v) is 5.96. The average Bonchev–Trinajstić information content (AvgIpc) is 2.81. The molecule has 0 aliphatic carbocycles. The van der Waals surface area contributed by atoms with Gasteiger partial charge in [0.05, 0.1) is 5.39 Å². The van der Waals surface area contributed by atoms with Crippen molar-refractivity contribution in [1.82, 2.24) is 9.97 Å². The average molecular weight is 305 g/mol. The number of nitrogens with one attached hydrogen (secondary N) is 1. The summed E-state index contributed by atoms with van der Waals surface area (Å²) in [6.45, 7) is 2.01. The molecule has 2 heterocycles. The molecular weight excluding hydrogens is 292 g/mol. The molecule has 108 valence electrons. The van der Waals surface area contributed by atoms with Crippen LogP contribution in [0.5, 0.6) is 0 Å². The van der Waals surface area contributed by atoms with Gasteiger partial charge < -0.3 is 5.32 Å². The van der Waals surface area contributed by atoms with Crippen LogP contribution in [0.2, 0.25) is 0 Å². The van der Waals surface area contributed by atoms with Crippen LogP contribution >= 0.6 is 11.3 Å². The molecule has 2 aromatic heterocycles. The normalized spacial score (nSPS) is 11.0. The quantitative estimate of drug-likeness (QED) is 0.797. The Morgan fingerprint density at radius 1 is 1.19 bits per heavy atom. The first-order valence-electron chi connectivity index (χ1n) is 6.45. The minimum Gasteiger partial charge on any atom is -0.372 e. The first-order valence-corrected chi connectivity index (χ1v) is 7.27. The Bertz CT molecular complexity index is 814. The van der Waals surface area contributed by atoms with Crippen molar-refractivity contribution < 1.29 is 8.78 Å². The predicted molar refractivity (Wildman–Crippen MR) is 80.9 cm³/mol. The topological polar surface area (TPSA) is 37.8 Å². The fourth-order valence-electron chi connectivity index (χ4n) is 2.19. The first-order chi connectivity index (χ1) is 10.1. The second kappa shape index (κ2) is 5.37. The van der Waals surface area contributed by atoms with Crippen LogP contribution in [-0.4, -0.2) is 17.0 Å². The number of hydrogen-bond acceptors (Lipinski definition) is 4. The third-order valence-electron chi connectivity index (χ3n) is 3.16. The molecule has 0 atom stereocenters. The number of anilines is 1. The van der Waals surface area contributed by atoms with E-state index in [0.29, 0.717) is 11.4 Å². The number of aromatic nitrogens is 2. The fourth-order valence-corrected chi connectivity index (χ4v) is 3.09. The molecule has 0 bridgehead atoms. The Morgan fingerprint density at radius 2 is 2.00 bits per heavy atom. The van der Waals surface area contributed by atoms with Crippen molar-refractivity contribution in [2.24, 2.45) is 0 Å². The van der Waals surface area contributed by atoms with Gasteiger partial charge in [-0.1, -0.05) is 6.07 Å². The monoisotopic (exact) mass is 305 g/mol. The number of benzene rings is 1. The lowest BCUT2D eigenvalue weighted by Gasteiger charge is -2.06. The summed E-state index contributed by atoms with van der Waals surface area (Å²) in [5, 5.41) is 4.00. The standard InChI is InChI=1S/C15H13F2N3S/c1-8-5-11-14(18-2)19-13(20-15(11)21-8)6-9-3-4-10(16)7-12(9)17/h3-5,7H,6H2,1-2H3,(H,18,19,20). The summed E-state index contributed by atoms with van der Waals surface area (Å²) in [6, 6.07) is 5.57. The Labute approximate surface area is 124 Å². The van der Waals surface area contributed by atoms with Gasteiger partial charge in [-0.25, -0.2) is 18.7 Å². The van der Waals surface area contributed by atoms with Crippen LogP contribution in [0.3, 0.4) is 0 Å². The first kappa shape index (κ1) is 13.9. The SMILES string of the molecule is CNc1nc(Cc2ccc(F)cc2F)nc2sc(C)cc12. The maximum absolute atomic E-state index is 13.7. The van der Waals surface area contributed by atoms with Gasteiger partial charge >= 0.3 is 0 Å². The molecule has 0 spiro atoms. The predicted octanol–water partition coefficient (Wildman–Crippen LogP) is 3.91. The van der Waals surface area contributed by atoms with Gasteiger partial charge in [0.2, 0.25) is 0 Å². The van der Waals surface area contributed by atoms with Gasteiger partial charge in [-0.15, -0.1) is 11.3 Å². The third-order valence-corrected chi connectivity index (χ3v) is 4.11. The van der Waals surface area contributed by atoms with Gasteiger partial charge in [-0.3, -0.25) is 0 Å². The van der Waals surface area contributed by atoms with Crippen molar-refractivity contribution in [3.63, 3.8) is 0 Å². The van der Waals surface area contributed by atoms with E-state index in [-0.39, 0.29) is 6.42 Å². The van der Waals surface area contributed by atoms with Crippen molar-refractivity contribution in [2.45, 2.75) is 13.3 Å². The second-order valence-electron chi connectivity index (χ2n) is 4.73. The molecule has 0 aliphatic rings. The van der Waals surface area contributed by atoms with Gasteiger partial charge in [0, 0.05) is 24.4 Å². The van der Waals surface area contributed by atoms with Crippen molar-refractivity contribution in [1.29, 1.82) is 0 Å². The summed E-state index contributed by atoms with van der Waals surface area (Å²) >= 11 is 1.57. The highest BCUT2D eigenvalue weighted by Gasteiger charge is 2.12. The number of thiophene rings is 1. The van der Waals surface area contributed by atoms with Crippen molar-refractivity contribution in [2.75, 3.05) is 12.4 Å². The van der Waals surface area contributed by atoms with Crippen LogP contribution in [0.1, 0.15) is 16.3 Å². The summed E-state index contributed by atoms with van der Waals surface area (Å²) in [6.07, 6.45) is 0.230. The van der Waals surface area contributed by atoms with Gasteiger partial charge in [0.15, 0.2) is 0 Å². The zero-order valence-corrected chi connectivity index (χ0v) is 12.4. The van der Waals surface area contributed by atoms with Crippen molar-refractivity contribution >= 4 is 27.4 Å². The molecule has 3 rings (SSSR count). The lowest BCUT2D eigenvalue weighted by Crippen LogP contribution is -2.02. The van der Waals surface area contributed by atoms with Gasteiger partial charge in [0.1, 0.15) is 28.1 Å². The Morgan fingerprint density at radius 3 is 2.71 bits per heavy atom. The number of halogens is 2. The van der Waals surface area contributed by atoms with E-state index >= 15 is 0 Å². The van der Waals surface area contributed by atoms with E-state index in [1.807, 2.05) is 13.0 Å². The molecule has 1 aromatic carbocycles. The highest BCUT2D eigenvalue weighted by atomic mass is 32.1. The van der Waals surface area contributed by atoms with Crippen LogP contribution in [0.4, 0.5) is 14.6 Å². The highest BCUT2D eigenvalue weighted by Crippen LogP contribution is 2.28. The third kappa shape index (κ3) is 2.71. The summed E-state index contributed by atoms with van der Waals surface area (Å²) in [5.74, 6) is 0.0746. The van der Waals surface area contributed by atoms with E-state index < -0.39 is 11.6 Å². The summed E-state index contributed by atoms with van der Waals surface area (Å²) in [7, 11) is 1.79. The minimum absolute atomic E-state index is 0.230. The molecule has 0 saturated carbocycles. The molecule has 3 nitrogen and oxygen atoms in total. The molecule has 6 heteroatoms. The number of fused-ring (bicyclic) bond motifs is 1. The van der Waals surface area contributed by atoms with Crippen LogP contribution in [0.25, 0.3) is 10.2 Å². The van der Waals surface area contributed by atoms with E-state index in [9.17, 15) is 8.78 Å². The van der Waals surface area contributed by atoms with Gasteiger partial charge in [-0.05, 0) is 24.6 Å². The number of rotatable bonds is 3.